The molecule has 2 nitrogen and oxygen atoms in total. The zero-order chi connectivity index (χ0) is 12.0. The first kappa shape index (κ1) is 10.4. The largest absolute Gasteiger partial charge is 0.384 e. The molecule has 2 fully saturated rings. The van der Waals surface area contributed by atoms with Crippen LogP contribution in [-0.4, -0.2) is 11.5 Å². The number of hydrogen-bond donors (Lipinski definition) is 1. The molecule has 0 atom stereocenters. The Labute approximate surface area is 107 Å². The molecular formula is C16H18N2. The van der Waals surface area contributed by atoms with Crippen LogP contribution in [0.4, 0.5) is 5.69 Å². The normalized spacial score (nSPS) is 20.9. The molecule has 0 bridgehead atoms. The number of aromatic nitrogens is 1. The third-order valence-corrected chi connectivity index (χ3v) is 4.62. The van der Waals surface area contributed by atoms with Crippen LogP contribution < -0.4 is 5.32 Å². The summed E-state index contributed by atoms with van der Waals surface area (Å²) in [7, 11) is 0. The van der Waals surface area contributed by atoms with Crippen molar-refractivity contribution in [2.75, 3.05) is 11.9 Å². The summed E-state index contributed by atoms with van der Waals surface area (Å²) in [6.07, 6.45) is 7.67. The van der Waals surface area contributed by atoms with Crippen LogP contribution in [0, 0.1) is 11.3 Å². The number of para-hydroxylation sites is 1. The number of nitrogens with one attached hydrogen (secondary N) is 1. The van der Waals surface area contributed by atoms with Crippen LogP contribution in [-0.2, 0) is 0 Å². The van der Waals surface area contributed by atoms with Gasteiger partial charge in [0.2, 0.25) is 0 Å². The highest BCUT2D eigenvalue weighted by molar-refractivity contribution is 5.90. The van der Waals surface area contributed by atoms with E-state index in [2.05, 4.69) is 34.6 Å². The van der Waals surface area contributed by atoms with E-state index < -0.39 is 0 Å². The molecule has 18 heavy (non-hydrogen) atoms. The molecule has 92 valence electrons. The van der Waals surface area contributed by atoms with Gasteiger partial charge in [0.05, 0.1) is 5.52 Å². The Morgan fingerprint density at radius 1 is 1.17 bits per heavy atom. The van der Waals surface area contributed by atoms with Gasteiger partial charge in [0, 0.05) is 23.8 Å². The minimum atomic E-state index is 0.643. The second-order valence-electron chi connectivity index (χ2n) is 5.87. The van der Waals surface area contributed by atoms with Crippen molar-refractivity contribution in [2.45, 2.75) is 25.7 Å². The van der Waals surface area contributed by atoms with Crippen LogP contribution in [0.2, 0.25) is 0 Å². The van der Waals surface area contributed by atoms with E-state index in [9.17, 15) is 0 Å². The number of rotatable bonds is 4. The van der Waals surface area contributed by atoms with Crippen molar-refractivity contribution in [3.05, 3.63) is 36.5 Å². The van der Waals surface area contributed by atoms with Crippen LogP contribution >= 0.6 is 0 Å². The molecular weight excluding hydrogens is 220 g/mol. The van der Waals surface area contributed by atoms with Crippen LogP contribution in [0.5, 0.6) is 0 Å². The van der Waals surface area contributed by atoms with Crippen molar-refractivity contribution in [3.63, 3.8) is 0 Å². The minimum absolute atomic E-state index is 0.643. The van der Waals surface area contributed by atoms with Crippen molar-refractivity contribution < 1.29 is 0 Å². The van der Waals surface area contributed by atoms with E-state index in [0.29, 0.717) is 5.41 Å². The minimum Gasteiger partial charge on any atom is -0.384 e. The lowest BCUT2D eigenvalue weighted by Crippen LogP contribution is -2.17. The first-order chi connectivity index (χ1) is 8.87. The third-order valence-electron chi connectivity index (χ3n) is 4.62. The molecule has 0 radical (unpaired) electrons. The Bertz CT molecular complexity index is 577. The number of nitrogens with zero attached hydrogens (tertiary/aromatic N) is 1. The maximum atomic E-state index is 4.41. The number of fused-ring (bicyclic) bond motifs is 1. The maximum absolute atomic E-state index is 4.41. The monoisotopic (exact) mass is 238 g/mol. The highest BCUT2D eigenvalue weighted by Crippen LogP contribution is 2.61. The summed E-state index contributed by atoms with van der Waals surface area (Å²) in [6, 6.07) is 10.5. The number of hydrogen-bond acceptors (Lipinski definition) is 2. The molecule has 1 heterocycles. The van der Waals surface area contributed by atoms with Gasteiger partial charge in [-0.2, -0.15) is 0 Å². The van der Waals surface area contributed by atoms with Gasteiger partial charge in [-0.05, 0) is 49.1 Å². The molecule has 0 amide bonds. The molecule has 2 aromatic rings. The fourth-order valence-electron chi connectivity index (χ4n) is 3.11. The Morgan fingerprint density at radius 3 is 2.78 bits per heavy atom. The molecule has 0 saturated heterocycles. The van der Waals surface area contributed by atoms with Gasteiger partial charge in [0.15, 0.2) is 0 Å². The van der Waals surface area contributed by atoms with E-state index in [4.69, 9.17) is 0 Å². The van der Waals surface area contributed by atoms with Crippen molar-refractivity contribution in [1.29, 1.82) is 0 Å². The molecule has 2 saturated carbocycles. The summed E-state index contributed by atoms with van der Waals surface area (Å²) in [5.41, 5.74) is 2.97. The second kappa shape index (κ2) is 3.71. The average molecular weight is 238 g/mol. The van der Waals surface area contributed by atoms with Gasteiger partial charge >= 0.3 is 0 Å². The van der Waals surface area contributed by atoms with Crippen LogP contribution in [0.25, 0.3) is 10.9 Å². The molecule has 0 aliphatic heterocycles. The van der Waals surface area contributed by atoms with E-state index >= 15 is 0 Å². The lowest BCUT2D eigenvalue weighted by molar-refractivity contribution is 0.467. The predicted octanol–water partition coefficient (Wildman–Crippen LogP) is 3.84. The molecule has 2 aliphatic carbocycles. The maximum Gasteiger partial charge on any atom is 0.0722 e. The predicted molar refractivity (Wildman–Crippen MR) is 74.6 cm³/mol. The standard InChI is InChI=1S/C16H18N2/c1-2-4-14-13(3-1)15(7-10-17-14)18-11-16(8-9-16)12-5-6-12/h1-4,7,10,12H,5-6,8-9,11H2,(H,17,18). The first-order valence-corrected chi connectivity index (χ1v) is 6.95. The summed E-state index contributed by atoms with van der Waals surface area (Å²) in [5.74, 6) is 1.01. The summed E-state index contributed by atoms with van der Waals surface area (Å²) >= 11 is 0. The SMILES string of the molecule is c1ccc2c(NCC3(C4CC4)CC3)ccnc2c1. The van der Waals surface area contributed by atoms with E-state index in [1.807, 2.05) is 12.3 Å². The summed E-state index contributed by atoms with van der Waals surface area (Å²) in [6.45, 7) is 1.14. The Hall–Kier alpha value is -1.57. The molecule has 1 aromatic heterocycles. The van der Waals surface area contributed by atoms with E-state index in [0.717, 1.165) is 18.0 Å². The van der Waals surface area contributed by atoms with Crippen molar-refractivity contribution in [1.82, 2.24) is 4.98 Å². The molecule has 2 aliphatic rings. The summed E-state index contributed by atoms with van der Waals surface area (Å²) in [5, 5.41) is 4.91. The van der Waals surface area contributed by atoms with Crippen LogP contribution in [0.3, 0.4) is 0 Å². The molecule has 2 heteroatoms. The first-order valence-electron chi connectivity index (χ1n) is 6.95. The molecule has 0 unspecified atom stereocenters. The third kappa shape index (κ3) is 1.67. The van der Waals surface area contributed by atoms with Crippen molar-refractivity contribution in [2.24, 2.45) is 11.3 Å². The molecule has 4 rings (SSSR count). The Kier molecular flexibility index (Phi) is 2.14. The lowest BCUT2D eigenvalue weighted by Gasteiger charge is -2.17. The molecule has 1 aromatic carbocycles. The van der Waals surface area contributed by atoms with E-state index in [1.165, 1.54) is 36.8 Å². The van der Waals surface area contributed by atoms with Crippen molar-refractivity contribution in [3.8, 4) is 0 Å². The Balaban J connectivity index is 1.59. The highest BCUT2D eigenvalue weighted by Gasteiger charge is 2.53. The highest BCUT2D eigenvalue weighted by atomic mass is 14.9. The fourth-order valence-corrected chi connectivity index (χ4v) is 3.11. The van der Waals surface area contributed by atoms with E-state index in [-0.39, 0.29) is 0 Å². The molecule has 1 N–H and O–H groups in total. The van der Waals surface area contributed by atoms with Gasteiger partial charge < -0.3 is 5.32 Å². The van der Waals surface area contributed by atoms with Gasteiger partial charge in [-0.3, -0.25) is 4.98 Å². The quantitative estimate of drug-likeness (QED) is 0.875. The number of pyridine rings is 1. The smallest absolute Gasteiger partial charge is 0.0722 e. The zero-order valence-corrected chi connectivity index (χ0v) is 10.5. The van der Waals surface area contributed by atoms with Gasteiger partial charge in [0.25, 0.3) is 0 Å². The summed E-state index contributed by atoms with van der Waals surface area (Å²) < 4.78 is 0. The average Bonchev–Trinajstić information content (AvgIpc) is 3.28. The van der Waals surface area contributed by atoms with Crippen LogP contribution in [0.1, 0.15) is 25.7 Å². The van der Waals surface area contributed by atoms with Crippen molar-refractivity contribution >= 4 is 16.6 Å². The fraction of sp³-hybridized carbons (Fsp3) is 0.438. The number of anilines is 1. The van der Waals surface area contributed by atoms with Gasteiger partial charge in [-0.15, -0.1) is 0 Å². The Morgan fingerprint density at radius 2 is 2.00 bits per heavy atom. The summed E-state index contributed by atoms with van der Waals surface area (Å²) in [4.78, 5) is 4.41. The van der Waals surface area contributed by atoms with Gasteiger partial charge in [-0.1, -0.05) is 18.2 Å². The molecule has 0 spiro atoms. The number of benzene rings is 1. The van der Waals surface area contributed by atoms with E-state index in [1.54, 1.807) is 0 Å². The zero-order valence-electron chi connectivity index (χ0n) is 10.5. The second-order valence-corrected chi connectivity index (χ2v) is 5.87. The van der Waals surface area contributed by atoms with Gasteiger partial charge in [-0.25, -0.2) is 0 Å². The lowest BCUT2D eigenvalue weighted by atomic mass is 10.0. The topological polar surface area (TPSA) is 24.9 Å². The van der Waals surface area contributed by atoms with Crippen LogP contribution in [0.15, 0.2) is 36.5 Å². The van der Waals surface area contributed by atoms with Gasteiger partial charge in [0.1, 0.15) is 0 Å².